The Balaban J connectivity index is 1.78. The Morgan fingerprint density at radius 3 is 2.44 bits per heavy atom. The Hall–Kier alpha value is -3.93. The van der Waals surface area contributed by atoms with Gasteiger partial charge in [-0.25, -0.2) is 12.8 Å². The van der Waals surface area contributed by atoms with E-state index in [1.165, 1.54) is 18.2 Å². The molecule has 1 aliphatic rings. The lowest BCUT2D eigenvalue weighted by atomic mass is 10.1. The standard InChI is InChI=1S/C27H34FN5O5S/c1-3-37-26(34)18-39(35,36)33(14-4-5-20-6-11-25(28)24(17-20)27(30)31)21-7-9-22(10-8-21)38-23-12-15-32(16-13-23)19(2)29/h4-11,17,23,29H,3,12-16,18H2,1-2H3,(H3,30,31). The number of carbonyl (C=O) groups excluding carboxylic acids is 1. The van der Waals surface area contributed by atoms with Crippen LogP contribution in [0.1, 0.15) is 37.8 Å². The minimum Gasteiger partial charge on any atom is -0.490 e. The van der Waals surface area contributed by atoms with Gasteiger partial charge in [-0.3, -0.25) is 19.9 Å². The number of amidine groups is 2. The first-order valence-corrected chi connectivity index (χ1v) is 14.1. The molecule has 3 rings (SSSR count). The highest BCUT2D eigenvalue weighted by Gasteiger charge is 2.26. The van der Waals surface area contributed by atoms with Crippen molar-refractivity contribution in [3.05, 3.63) is 65.5 Å². The molecule has 0 saturated carbocycles. The highest BCUT2D eigenvalue weighted by molar-refractivity contribution is 7.93. The maximum absolute atomic E-state index is 13.9. The second kappa shape index (κ2) is 13.2. The Bertz CT molecular complexity index is 1320. The van der Waals surface area contributed by atoms with E-state index in [2.05, 4.69) is 0 Å². The van der Waals surface area contributed by atoms with E-state index < -0.39 is 33.4 Å². The molecule has 10 nitrogen and oxygen atoms in total. The zero-order valence-electron chi connectivity index (χ0n) is 22.0. The monoisotopic (exact) mass is 559 g/mol. The van der Waals surface area contributed by atoms with Gasteiger partial charge in [0.05, 0.1) is 30.2 Å². The molecule has 4 N–H and O–H groups in total. The average Bonchev–Trinajstić information content (AvgIpc) is 2.88. The summed E-state index contributed by atoms with van der Waals surface area (Å²) in [6.07, 6.45) is 4.69. The van der Waals surface area contributed by atoms with Gasteiger partial charge in [0.2, 0.25) is 10.0 Å². The van der Waals surface area contributed by atoms with Gasteiger partial charge in [-0.2, -0.15) is 0 Å². The van der Waals surface area contributed by atoms with Gasteiger partial charge in [0.15, 0.2) is 5.75 Å². The highest BCUT2D eigenvalue weighted by atomic mass is 32.2. The molecule has 39 heavy (non-hydrogen) atoms. The van der Waals surface area contributed by atoms with E-state index in [0.717, 1.165) is 30.2 Å². The van der Waals surface area contributed by atoms with Crippen LogP contribution in [-0.4, -0.2) is 69.1 Å². The van der Waals surface area contributed by atoms with Crippen LogP contribution in [0, 0.1) is 16.6 Å². The van der Waals surface area contributed by atoms with E-state index in [9.17, 15) is 17.6 Å². The molecule has 0 radical (unpaired) electrons. The number of nitrogens with one attached hydrogen (secondary N) is 2. The van der Waals surface area contributed by atoms with E-state index in [0.29, 0.717) is 22.8 Å². The largest absolute Gasteiger partial charge is 0.490 e. The maximum atomic E-state index is 13.9. The third-order valence-corrected chi connectivity index (χ3v) is 7.78. The first-order valence-electron chi connectivity index (χ1n) is 12.5. The molecule has 1 saturated heterocycles. The van der Waals surface area contributed by atoms with Crippen LogP contribution >= 0.6 is 0 Å². The molecular weight excluding hydrogens is 525 g/mol. The van der Waals surface area contributed by atoms with Gasteiger partial charge in [-0.05, 0) is 55.8 Å². The number of likely N-dealkylation sites (tertiary alicyclic amines) is 1. The minimum absolute atomic E-state index is 0.00589. The average molecular weight is 560 g/mol. The maximum Gasteiger partial charge on any atom is 0.323 e. The van der Waals surface area contributed by atoms with E-state index in [1.54, 1.807) is 50.3 Å². The molecule has 0 amide bonds. The number of carbonyl (C=O) groups is 1. The number of rotatable bonds is 11. The van der Waals surface area contributed by atoms with Crippen molar-refractivity contribution >= 4 is 39.4 Å². The molecule has 0 aromatic heterocycles. The number of anilines is 1. The summed E-state index contributed by atoms with van der Waals surface area (Å²) >= 11 is 0. The lowest BCUT2D eigenvalue weighted by Crippen LogP contribution is -2.40. The predicted molar refractivity (Wildman–Crippen MR) is 149 cm³/mol. The second-order valence-electron chi connectivity index (χ2n) is 9.03. The molecule has 0 atom stereocenters. The van der Waals surface area contributed by atoms with E-state index >= 15 is 0 Å². The second-order valence-corrected chi connectivity index (χ2v) is 10.9. The van der Waals surface area contributed by atoms with Crippen LogP contribution < -0.4 is 14.8 Å². The smallest absolute Gasteiger partial charge is 0.323 e. The quantitative estimate of drug-likeness (QED) is 0.217. The van der Waals surface area contributed by atoms with E-state index in [4.69, 9.17) is 26.0 Å². The van der Waals surface area contributed by atoms with Crippen molar-refractivity contribution in [2.45, 2.75) is 32.8 Å². The fourth-order valence-corrected chi connectivity index (χ4v) is 5.43. The third-order valence-electron chi connectivity index (χ3n) is 6.15. The van der Waals surface area contributed by atoms with Gasteiger partial charge in [0, 0.05) is 25.9 Å². The number of nitrogens with two attached hydrogens (primary N) is 1. The van der Waals surface area contributed by atoms with Crippen LogP contribution in [0.5, 0.6) is 5.75 Å². The van der Waals surface area contributed by atoms with E-state index in [1.807, 2.05) is 4.90 Å². The summed E-state index contributed by atoms with van der Waals surface area (Å²) in [6, 6.07) is 10.6. The Morgan fingerprint density at radius 1 is 1.18 bits per heavy atom. The summed E-state index contributed by atoms with van der Waals surface area (Å²) in [5, 5.41) is 15.3. The normalized spacial score (nSPS) is 14.3. The van der Waals surface area contributed by atoms with Crippen LogP contribution in [0.4, 0.5) is 10.1 Å². The van der Waals surface area contributed by atoms with Crippen molar-refractivity contribution in [3.63, 3.8) is 0 Å². The predicted octanol–water partition coefficient (Wildman–Crippen LogP) is 3.36. The van der Waals surface area contributed by atoms with Gasteiger partial charge in [0.1, 0.15) is 23.5 Å². The Labute approximate surface area is 228 Å². The van der Waals surface area contributed by atoms with Crippen molar-refractivity contribution in [3.8, 4) is 5.75 Å². The van der Waals surface area contributed by atoms with Crippen LogP contribution in [0.2, 0.25) is 0 Å². The molecule has 0 spiro atoms. The number of nitrogen functional groups attached to an aromatic ring is 1. The summed E-state index contributed by atoms with van der Waals surface area (Å²) in [6.45, 7) is 4.79. The topological polar surface area (TPSA) is 150 Å². The van der Waals surface area contributed by atoms with Gasteiger partial charge in [-0.1, -0.05) is 18.2 Å². The van der Waals surface area contributed by atoms with Crippen molar-refractivity contribution < 1.29 is 27.1 Å². The molecule has 2 aromatic rings. The molecule has 0 aliphatic carbocycles. The van der Waals surface area contributed by atoms with Crippen molar-refractivity contribution in [2.24, 2.45) is 5.73 Å². The lowest BCUT2D eigenvalue weighted by Gasteiger charge is -2.32. The summed E-state index contributed by atoms with van der Waals surface area (Å²) in [4.78, 5) is 14.0. The number of piperidine rings is 1. The summed E-state index contributed by atoms with van der Waals surface area (Å²) in [5.74, 6) is -1.61. The zero-order chi connectivity index (χ0) is 28.6. The summed E-state index contributed by atoms with van der Waals surface area (Å²) in [5.41, 5.74) is 6.22. The molecule has 0 unspecified atom stereocenters. The molecule has 0 bridgehead atoms. The third kappa shape index (κ3) is 8.28. The molecule has 1 aliphatic heterocycles. The number of halogens is 1. The van der Waals surface area contributed by atoms with Crippen LogP contribution in [-0.2, 0) is 19.6 Å². The number of benzene rings is 2. The number of hydrogen-bond acceptors (Lipinski definition) is 7. The lowest BCUT2D eigenvalue weighted by molar-refractivity contribution is -0.139. The Morgan fingerprint density at radius 2 is 1.85 bits per heavy atom. The highest BCUT2D eigenvalue weighted by Crippen LogP contribution is 2.25. The van der Waals surface area contributed by atoms with Crippen molar-refractivity contribution in [1.29, 1.82) is 10.8 Å². The minimum atomic E-state index is -4.11. The first kappa shape index (κ1) is 29.6. The summed E-state index contributed by atoms with van der Waals surface area (Å²) < 4.78 is 52.2. The zero-order valence-corrected chi connectivity index (χ0v) is 22.8. The number of sulfonamides is 1. The van der Waals surface area contributed by atoms with Gasteiger partial charge in [0.25, 0.3) is 0 Å². The molecular formula is C27H34FN5O5S. The number of hydrogen-bond donors (Lipinski definition) is 3. The van der Waals surface area contributed by atoms with Gasteiger partial charge >= 0.3 is 5.97 Å². The van der Waals surface area contributed by atoms with E-state index in [-0.39, 0.29) is 24.8 Å². The number of nitrogens with zero attached hydrogens (tertiary/aromatic N) is 2. The molecule has 210 valence electrons. The van der Waals surface area contributed by atoms with Crippen LogP contribution in [0.25, 0.3) is 6.08 Å². The number of esters is 1. The fourth-order valence-electron chi connectivity index (χ4n) is 4.14. The van der Waals surface area contributed by atoms with Gasteiger partial charge in [-0.15, -0.1) is 0 Å². The van der Waals surface area contributed by atoms with Crippen molar-refractivity contribution in [2.75, 3.05) is 36.3 Å². The van der Waals surface area contributed by atoms with Crippen LogP contribution in [0.3, 0.4) is 0 Å². The van der Waals surface area contributed by atoms with Gasteiger partial charge < -0.3 is 20.1 Å². The fraction of sp³-hybridized carbons (Fsp3) is 0.370. The molecule has 2 aromatic carbocycles. The molecule has 1 heterocycles. The SMILES string of the molecule is CCOC(=O)CS(=O)(=O)N(CC=Cc1ccc(F)c(C(=N)N)c1)c1ccc(OC2CCN(C(C)=N)CC2)cc1. The number of ether oxygens (including phenoxy) is 2. The first-order chi connectivity index (χ1) is 18.5. The summed E-state index contributed by atoms with van der Waals surface area (Å²) in [7, 11) is -4.11. The molecule has 1 fully saturated rings. The van der Waals surface area contributed by atoms with Crippen LogP contribution in [0.15, 0.2) is 48.5 Å². The molecule has 12 heteroatoms. The van der Waals surface area contributed by atoms with Crippen molar-refractivity contribution in [1.82, 2.24) is 4.90 Å². The Kier molecular flexibility index (Phi) is 10.0.